The van der Waals surface area contributed by atoms with Gasteiger partial charge in [0.15, 0.2) is 0 Å². The van der Waals surface area contributed by atoms with Crippen molar-refractivity contribution in [3.05, 3.63) is 224 Å². The fraction of sp³-hybridized carbons (Fsp3) is 0. The van der Waals surface area contributed by atoms with Crippen molar-refractivity contribution in [1.29, 1.82) is 0 Å². The van der Waals surface area contributed by atoms with Gasteiger partial charge in [0.1, 0.15) is 0 Å². The van der Waals surface area contributed by atoms with Crippen LogP contribution in [-0.2, 0) is 0 Å². The zero-order valence-corrected chi connectivity index (χ0v) is 30.3. The first kappa shape index (κ1) is 32.4. The number of rotatable bonds is 7. The summed E-state index contributed by atoms with van der Waals surface area (Å²) in [4.78, 5) is 2.48. The Morgan fingerprint density at radius 3 is 1.44 bits per heavy atom. The molecule has 1 heteroatoms. The van der Waals surface area contributed by atoms with E-state index in [1.165, 1.54) is 76.8 Å². The molecule has 0 aliphatic rings. The van der Waals surface area contributed by atoms with Gasteiger partial charge in [0.05, 0.1) is 11.4 Å². The van der Waals surface area contributed by atoms with Crippen molar-refractivity contribution >= 4 is 49.4 Å². The van der Waals surface area contributed by atoms with Gasteiger partial charge in [-0.2, -0.15) is 0 Å². The van der Waals surface area contributed by atoms with Crippen LogP contribution in [0.5, 0.6) is 0 Å². The van der Waals surface area contributed by atoms with Gasteiger partial charge >= 0.3 is 0 Å². The highest BCUT2D eigenvalue weighted by Crippen LogP contribution is 2.49. The molecule has 10 rings (SSSR count). The van der Waals surface area contributed by atoms with E-state index in [0.717, 1.165) is 17.1 Å². The number of benzene rings is 10. The molecule has 0 aromatic heterocycles. The molecule has 258 valence electrons. The third-order valence-electron chi connectivity index (χ3n) is 10.9. The van der Waals surface area contributed by atoms with Gasteiger partial charge in [-0.15, -0.1) is 0 Å². The Hall–Kier alpha value is -7.22. The first-order valence-electron chi connectivity index (χ1n) is 18.9. The van der Waals surface area contributed by atoms with E-state index in [1.54, 1.807) is 0 Å². The van der Waals surface area contributed by atoms with Crippen LogP contribution in [0.1, 0.15) is 0 Å². The molecule has 0 atom stereocenters. The summed E-state index contributed by atoms with van der Waals surface area (Å²) in [5.41, 5.74) is 12.8. The van der Waals surface area contributed by atoms with Gasteiger partial charge in [-0.1, -0.05) is 194 Å². The van der Waals surface area contributed by atoms with Crippen LogP contribution < -0.4 is 4.90 Å². The van der Waals surface area contributed by atoms with Gasteiger partial charge in [0, 0.05) is 16.8 Å². The molecule has 10 aromatic carbocycles. The molecule has 0 radical (unpaired) electrons. The summed E-state index contributed by atoms with van der Waals surface area (Å²) < 4.78 is 0. The summed E-state index contributed by atoms with van der Waals surface area (Å²) in [6.45, 7) is 0. The molecule has 0 aliphatic heterocycles. The van der Waals surface area contributed by atoms with Crippen LogP contribution >= 0.6 is 0 Å². The number of fused-ring (bicyclic) bond motifs is 4. The second-order valence-corrected chi connectivity index (χ2v) is 14.0. The normalized spacial score (nSPS) is 11.3. The van der Waals surface area contributed by atoms with Crippen LogP contribution in [0.25, 0.3) is 76.8 Å². The maximum atomic E-state index is 2.48. The quantitative estimate of drug-likeness (QED) is 0.150. The smallest absolute Gasteiger partial charge is 0.0540 e. The molecular formula is C54H37N. The number of anilines is 3. The van der Waals surface area contributed by atoms with Crippen molar-refractivity contribution in [2.24, 2.45) is 0 Å². The van der Waals surface area contributed by atoms with Crippen molar-refractivity contribution in [3.8, 4) is 44.5 Å². The van der Waals surface area contributed by atoms with Gasteiger partial charge < -0.3 is 4.90 Å². The van der Waals surface area contributed by atoms with Gasteiger partial charge in [-0.25, -0.2) is 0 Å². The molecular weight excluding hydrogens is 663 g/mol. The molecule has 0 amide bonds. The zero-order chi connectivity index (χ0) is 36.6. The van der Waals surface area contributed by atoms with E-state index >= 15 is 0 Å². The Kier molecular flexibility index (Phi) is 8.24. The van der Waals surface area contributed by atoms with Crippen LogP contribution in [-0.4, -0.2) is 0 Å². The van der Waals surface area contributed by atoms with Crippen LogP contribution in [0, 0.1) is 0 Å². The van der Waals surface area contributed by atoms with E-state index < -0.39 is 0 Å². The summed E-state index contributed by atoms with van der Waals surface area (Å²) in [5, 5.41) is 7.44. The highest BCUT2D eigenvalue weighted by molar-refractivity contribution is 6.15. The molecule has 0 fully saturated rings. The molecule has 1 nitrogen and oxygen atoms in total. The maximum absolute atomic E-state index is 2.48. The largest absolute Gasteiger partial charge is 0.309 e. The predicted molar refractivity (Wildman–Crippen MR) is 235 cm³/mol. The summed E-state index contributed by atoms with van der Waals surface area (Å²) in [6, 6.07) is 81.6. The van der Waals surface area contributed by atoms with E-state index in [9.17, 15) is 0 Å². The Morgan fingerprint density at radius 2 is 0.727 bits per heavy atom. The Balaban J connectivity index is 1.28. The monoisotopic (exact) mass is 699 g/mol. The molecule has 10 aromatic rings. The summed E-state index contributed by atoms with van der Waals surface area (Å²) in [6.07, 6.45) is 0. The third kappa shape index (κ3) is 5.84. The number of nitrogens with zero attached hydrogens (tertiary/aromatic N) is 1. The first-order valence-corrected chi connectivity index (χ1v) is 18.9. The topological polar surface area (TPSA) is 3.24 Å². The molecule has 55 heavy (non-hydrogen) atoms. The van der Waals surface area contributed by atoms with Gasteiger partial charge in [0.25, 0.3) is 0 Å². The predicted octanol–water partition coefficient (Wildman–Crippen LogP) is 15.3. The minimum atomic E-state index is 1.09. The molecule has 0 unspecified atom stereocenters. The number of para-hydroxylation sites is 2. The minimum absolute atomic E-state index is 1.09. The molecule has 0 spiro atoms. The fourth-order valence-corrected chi connectivity index (χ4v) is 8.34. The van der Waals surface area contributed by atoms with E-state index in [4.69, 9.17) is 0 Å². The number of hydrogen-bond acceptors (Lipinski definition) is 1. The maximum Gasteiger partial charge on any atom is 0.0540 e. The molecule has 0 aliphatic carbocycles. The zero-order valence-electron chi connectivity index (χ0n) is 30.3. The van der Waals surface area contributed by atoms with E-state index in [0.29, 0.717) is 0 Å². The lowest BCUT2D eigenvalue weighted by atomic mass is 9.90. The standard InChI is InChI=1S/C54H37N/c1-3-18-38(19-4-1)45-35-34-42(37-51(45)40-20-5-2-6-21-40)55(53-32-15-13-29-49(53)47-31-17-24-39-22-7-9-25-43(39)47)54-33-16-14-30-50(54)52-36-41-23-8-10-26-44(41)46-27-11-12-28-48(46)52/h1-37H. The highest BCUT2D eigenvalue weighted by atomic mass is 15.1. The first-order chi connectivity index (χ1) is 27.3. The average Bonchev–Trinajstić information content (AvgIpc) is 3.27. The third-order valence-corrected chi connectivity index (χ3v) is 10.9. The molecule has 0 heterocycles. The van der Waals surface area contributed by atoms with Crippen molar-refractivity contribution in [1.82, 2.24) is 0 Å². The molecule has 0 saturated carbocycles. The summed E-state index contributed by atoms with van der Waals surface area (Å²) in [5.74, 6) is 0. The van der Waals surface area contributed by atoms with Gasteiger partial charge in [-0.05, 0) is 96.0 Å². The number of hydrogen-bond donors (Lipinski definition) is 0. The van der Waals surface area contributed by atoms with Crippen molar-refractivity contribution in [3.63, 3.8) is 0 Å². The average molecular weight is 700 g/mol. The van der Waals surface area contributed by atoms with E-state index in [-0.39, 0.29) is 0 Å². The second kappa shape index (κ2) is 14.0. The summed E-state index contributed by atoms with van der Waals surface area (Å²) >= 11 is 0. The van der Waals surface area contributed by atoms with Gasteiger partial charge in [0.2, 0.25) is 0 Å². The minimum Gasteiger partial charge on any atom is -0.309 e. The van der Waals surface area contributed by atoms with Crippen LogP contribution in [0.15, 0.2) is 224 Å². The van der Waals surface area contributed by atoms with Crippen LogP contribution in [0.2, 0.25) is 0 Å². The molecule has 0 N–H and O–H groups in total. The molecule has 0 saturated heterocycles. The van der Waals surface area contributed by atoms with E-state index in [1.807, 2.05) is 0 Å². The lowest BCUT2D eigenvalue weighted by Gasteiger charge is -2.31. The SMILES string of the molecule is c1ccc(-c2ccc(N(c3ccccc3-c3cccc4ccccc34)c3ccccc3-c3cc4ccccc4c4ccccc34)cc2-c2ccccc2)cc1. The highest BCUT2D eigenvalue weighted by Gasteiger charge is 2.23. The lowest BCUT2D eigenvalue weighted by molar-refractivity contribution is 1.29. The fourth-order valence-electron chi connectivity index (χ4n) is 8.34. The Labute approximate surface area is 322 Å². The molecule has 0 bridgehead atoms. The lowest BCUT2D eigenvalue weighted by Crippen LogP contribution is -2.13. The van der Waals surface area contributed by atoms with Crippen molar-refractivity contribution in [2.45, 2.75) is 0 Å². The van der Waals surface area contributed by atoms with Crippen LogP contribution in [0.3, 0.4) is 0 Å². The second-order valence-electron chi connectivity index (χ2n) is 14.0. The Morgan fingerprint density at radius 1 is 0.236 bits per heavy atom. The van der Waals surface area contributed by atoms with E-state index in [2.05, 4.69) is 229 Å². The van der Waals surface area contributed by atoms with Gasteiger partial charge in [-0.3, -0.25) is 0 Å². The van der Waals surface area contributed by atoms with Crippen molar-refractivity contribution < 1.29 is 0 Å². The Bertz CT molecular complexity index is 2980. The van der Waals surface area contributed by atoms with Crippen molar-refractivity contribution in [2.75, 3.05) is 4.90 Å². The summed E-state index contributed by atoms with van der Waals surface area (Å²) in [7, 11) is 0. The van der Waals surface area contributed by atoms with Crippen LogP contribution in [0.4, 0.5) is 17.1 Å².